The highest BCUT2D eigenvalue weighted by molar-refractivity contribution is 5.19. The van der Waals surface area contributed by atoms with Crippen molar-refractivity contribution in [3.8, 4) is 0 Å². The Morgan fingerprint density at radius 1 is 1.06 bits per heavy atom. The lowest BCUT2D eigenvalue weighted by molar-refractivity contribution is 0.314. The van der Waals surface area contributed by atoms with Gasteiger partial charge in [-0.15, -0.1) is 0 Å². The van der Waals surface area contributed by atoms with Crippen LogP contribution >= 0.6 is 0 Å². The largest absolute Gasteiger partial charge is 0.316 e. The van der Waals surface area contributed by atoms with Gasteiger partial charge in [-0.1, -0.05) is 37.3 Å². The molecule has 0 aliphatic heterocycles. The van der Waals surface area contributed by atoms with Crippen LogP contribution in [-0.2, 0) is 0 Å². The highest BCUT2D eigenvalue weighted by Gasteiger charge is 2.21. The first kappa shape index (κ1) is 12.6. The molecule has 1 nitrogen and oxygen atoms in total. The first-order valence-corrected chi connectivity index (χ1v) is 7.15. The number of nitrogens with one attached hydrogen (secondary N) is 1. The molecule has 0 heterocycles. The van der Waals surface area contributed by atoms with Gasteiger partial charge in [-0.05, 0) is 62.6 Å². The van der Waals surface area contributed by atoms with E-state index >= 15 is 0 Å². The minimum Gasteiger partial charge on any atom is -0.316 e. The Hall–Kier alpha value is -0.820. The minimum atomic E-state index is 0.818. The third kappa shape index (κ3) is 3.85. The molecule has 1 fully saturated rings. The van der Waals surface area contributed by atoms with Crippen molar-refractivity contribution in [2.24, 2.45) is 5.92 Å². The Bertz CT molecular complexity index is 299. The second kappa shape index (κ2) is 6.80. The van der Waals surface area contributed by atoms with Gasteiger partial charge in [-0.3, -0.25) is 0 Å². The third-order valence-electron chi connectivity index (χ3n) is 3.98. The van der Waals surface area contributed by atoms with Crippen molar-refractivity contribution in [2.45, 2.75) is 44.9 Å². The van der Waals surface area contributed by atoms with Crippen LogP contribution in [0.5, 0.6) is 0 Å². The van der Waals surface area contributed by atoms with Crippen LogP contribution in [0.4, 0.5) is 0 Å². The van der Waals surface area contributed by atoms with Crippen LogP contribution in [0, 0.1) is 5.92 Å². The van der Waals surface area contributed by atoms with E-state index in [0.717, 1.165) is 11.8 Å². The van der Waals surface area contributed by atoms with Crippen LogP contribution in [0.3, 0.4) is 0 Å². The van der Waals surface area contributed by atoms with E-state index in [0.29, 0.717) is 0 Å². The van der Waals surface area contributed by atoms with Crippen LogP contribution in [0.15, 0.2) is 30.3 Å². The quantitative estimate of drug-likeness (QED) is 0.756. The Balaban J connectivity index is 1.74. The first-order valence-electron chi connectivity index (χ1n) is 7.15. The van der Waals surface area contributed by atoms with E-state index in [4.69, 9.17) is 0 Å². The molecule has 0 unspecified atom stereocenters. The second-order valence-corrected chi connectivity index (χ2v) is 5.33. The molecule has 0 aromatic heterocycles. The lowest BCUT2D eigenvalue weighted by atomic mass is 9.79. The number of hydrogen-bond acceptors (Lipinski definition) is 1. The zero-order chi connectivity index (χ0) is 11.9. The summed E-state index contributed by atoms with van der Waals surface area (Å²) in [5.74, 6) is 1.74. The molecule has 0 atom stereocenters. The fourth-order valence-electron chi connectivity index (χ4n) is 2.91. The fourth-order valence-corrected chi connectivity index (χ4v) is 2.91. The van der Waals surface area contributed by atoms with Gasteiger partial charge in [0.05, 0.1) is 0 Å². The van der Waals surface area contributed by atoms with Crippen molar-refractivity contribution in [3.63, 3.8) is 0 Å². The molecule has 0 radical (unpaired) electrons. The highest BCUT2D eigenvalue weighted by Crippen LogP contribution is 2.35. The molecule has 1 aliphatic rings. The zero-order valence-electron chi connectivity index (χ0n) is 11.0. The van der Waals surface area contributed by atoms with Gasteiger partial charge in [0, 0.05) is 0 Å². The van der Waals surface area contributed by atoms with Gasteiger partial charge >= 0.3 is 0 Å². The van der Waals surface area contributed by atoms with Crippen LogP contribution in [-0.4, -0.2) is 13.1 Å². The molecule has 0 saturated heterocycles. The average molecular weight is 231 g/mol. The molecule has 0 bridgehead atoms. The van der Waals surface area contributed by atoms with E-state index in [9.17, 15) is 0 Å². The van der Waals surface area contributed by atoms with E-state index in [-0.39, 0.29) is 0 Å². The third-order valence-corrected chi connectivity index (χ3v) is 3.98. The highest BCUT2D eigenvalue weighted by atomic mass is 14.8. The van der Waals surface area contributed by atoms with Gasteiger partial charge in [0.25, 0.3) is 0 Å². The van der Waals surface area contributed by atoms with Crippen LogP contribution < -0.4 is 5.32 Å². The number of hydrogen-bond donors (Lipinski definition) is 1. The Kier molecular flexibility index (Phi) is 5.06. The molecule has 1 aliphatic carbocycles. The van der Waals surface area contributed by atoms with Crippen molar-refractivity contribution in [1.82, 2.24) is 5.32 Å². The number of benzene rings is 1. The summed E-state index contributed by atoms with van der Waals surface area (Å²) in [6, 6.07) is 11.0. The fraction of sp³-hybridized carbons (Fsp3) is 0.625. The van der Waals surface area contributed by atoms with Crippen LogP contribution in [0.1, 0.15) is 50.5 Å². The molecule has 1 N–H and O–H groups in total. The standard InChI is InChI=1S/C16H25N/c1-2-12-17-13-14-8-10-16(11-9-14)15-6-4-3-5-7-15/h3-7,14,16-17H,2,8-13H2,1H3. The molecule has 0 amide bonds. The van der Waals surface area contributed by atoms with Gasteiger partial charge in [-0.25, -0.2) is 0 Å². The van der Waals surface area contributed by atoms with E-state index in [1.54, 1.807) is 5.56 Å². The Labute approximate surface area is 106 Å². The molecule has 94 valence electrons. The summed E-state index contributed by atoms with van der Waals surface area (Å²) in [6.45, 7) is 4.65. The van der Waals surface area contributed by atoms with Gasteiger partial charge < -0.3 is 5.32 Å². The molecule has 1 aromatic carbocycles. The monoisotopic (exact) mass is 231 g/mol. The summed E-state index contributed by atoms with van der Waals surface area (Å²) in [7, 11) is 0. The lowest BCUT2D eigenvalue weighted by Crippen LogP contribution is -2.26. The molecule has 17 heavy (non-hydrogen) atoms. The van der Waals surface area contributed by atoms with E-state index in [1.165, 1.54) is 45.2 Å². The van der Waals surface area contributed by atoms with E-state index < -0.39 is 0 Å². The van der Waals surface area contributed by atoms with Gasteiger partial charge in [0.15, 0.2) is 0 Å². The molecule has 1 saturated carbocycles. The Morgan fingerprint density at radius 3 is 2.41 bits per heavy atom. The van der Waals surface area contributed by atoms with Crippen molar-refractivity contribution in [1.29, 1.82) is 0 Å². The predicted molar refractivity (Wildman–Crippen MR) is 74.3 cm³/mol. The van der Waals surface area contributed by atoms with Crippen molar-refractivity contribution in [2.75, 3.05) is 13.1 Å². The molecular weight excluding hydrogens is 206 g/mol. The van der Waals surface area contributed by atoms with Gasteiger partial charge in [0.1, 0.15) is 0 Å². The normalized spacial score (nSPS) is 24.8. The summed E-state index contributed by atoms with van der Waals surface area (Å²) in [4.78, 5) is 0. The molecule has 1 heteroatoms. The van der Waals surface area contributed by atoms with Gasteiger partial charge in [0.2, 0.25) is 0 Å². The summed E-state index contributed by atoms with van der Waals surface area (Å²) < 4.78 is 0. The zero-order valence-corrected chi connectivity index (χ0v) is 11.0. The minimum absolute atomic E-state index is 0.818. The smallest absolute Gasteiger partial charge is 0.00205 e. The van der Waals surface area contributed by atoms with Crippen LogP contribution in [0.2, 0.25) is 0 Å². The summed E-state index contributed by atoms with van der Waals surface area (Å²) in [5, 5.41) is 3.56. The predicted octanol–water partition coefficient (Wildman–Crippen LogP) is 3.96. The van der Waals surface area contributed by atoms with E-state index in [1.807, 2.05) is 0 Å². The second-order valence-electron chi connectivity index (χ2n) is 5.33. The van der Waals surface area contributed by atoms with Crippen molar-refractivity contribution < 1.29 is 0 Å². The van der Waals surface area contributed by atoms with Crippen molar-refractivity contribution in [3.05, 3.63) is 35.9 Å². The summed E-state index contributed by atoms with van der Waals surface area (Å²) in [6.07, 6.45) is 6.80. The van der Waals surface area contributed by atoms with E-state index in [2.05, 4.69) is 42.6 Å². The average Bonchev–Trinajstić information content (AvgIpc) is 2.41. The number of rotatable bonds is 5. The maximum Gasteiger partial charge on any atom is -0.00205 e. The summed E-state index contributed by atoms with van der Waals surface area (Å²) in [5.41, 5.74) is 1.55. The lowest BCUT2D eigenvalue weighted by Gasteiger charge is -2.29. The molecular formula is C16H25N. The van der Waals surface area contributed by atoms with Crippen LogP contribution in [0.25, 0.3) is 0 Å². The molecule has 0 spiro atoms. The topological polar surface area (TPSA) is 12.0 Å². The molecule has 2 rings (SSSR count). The maximum absolute atomic E-state index is 3.56. The molecule has 1 aromatic rings. The maximum atomic E-state index is 3.56. The SMILES string of the molecule is CCCNCC1CCC(c2ccccc2)CC1. The van der Waals surface area contributed by atoms with Gasteiger partial charge in [-0.2, -0.15) is 0 Å². The summed E-state index contributed by atoms with van der Waals surface area (Å²) >= 11 is 0. The Morgan fingerprint density at radius 2 is 1.76 bits per heavy atom. The first-order chi connectivity index (χ1) is 8.40. The van der Waals surface area contributed by atoms with Crippen molar-refractivity contribution >= 4 is 0 Å².